The molecule has 2 aromatic carbocycles. The van der Waals surface area contributed by atoms with Crippen molar-refractivity contribution in [3.8, 4) is 23.0 Å². The second-order valence-electron chi connectivity index (χ2n) is 5.51. The van der Waals surface area contributed by atoms with Gasteiger partial charge in [0.05, 0.1) is 38.4 Å². The molecule has 1 aliphatic heterocycles. The number of carbonyl (C=O) groups excluding carboxylic acids is 1. The van der Waals surface area contributed by atoms with Gasteiger partial charge in [-0.05, 0) is 29.8 Å². The lowest BCUT2D eigenvalue weighted by Gasteiger charge is -2.18. The summed E-state index contributed by atoms with van der Waals surface area (Å²) in [6.45, 7) is 0.660. The number of fused-ring (bicyclic) bond motifs is 1. The number of carbonyl (C=O) groups is 1. The lowest BCUT2D eigenvalue weighted by atomic mass is 10.1. The van der Waals surface area contributed by atoms with Crippen molar-refractivity contribution in [1.29, 1.82) is 0 Å². The quantitative estimate of drug-likeness (QED) is 0.562. The van der Waals surface area contributed by atoms with Crippen molar-refractivity contribution in [3.05, 3.63) is 47.5 Å². The van der Waals surface area contributed by atoms with Crippen molar-refractivity contribution < 1.29 is 23.7 Å². The molecule has 26 heavy (non-hydrogen) atoms. The molecule has 136 valence electrons. The third kappa shape index (κ3) is 3.80. The van der Waals surface area contributed by atoms with Crippen LogP contribution in [-0.4, -0.2) is 39.5 Å². The summed E-state index contributed by atoms with van der Waals surface area (Å²) < 4.78 is 21.5. The summed E-state index contributed by atoms with van der Waals surface area (Å²) >= 11 is 1.68. The molecule has 0 fully saturated rings. The number of methoxy groups -OCH3 is 3. The molecule has 0 radical (unpaired) electrons. The minimum Gasteiger partial charge on any atom is -0.496 e. The molecule has 5 nitrogen and oxygen atoms in total. The first kappa shape index (κ1) is 18.2. The number of ether oxygens (including phenoxy) is 4. The van der Waals surface area contributed by atoms with Gasteiger partial charge in [-0.15, -0.1) is 11.8 Å². The van der Waals surface area contributed by atoms with E-state index in [1.165, 1.54) is 6.08 Å². The van der Waals surface area contributed by atoms with Gasteiger partial charge in [-0.1, -0.05) is 12.1 Å². The zero-order valence-corrected chi connectivity index (χ0v) is 15.7. The summed E-state index contributed by atoms with van der Waals surface area (Å²) in [4.78, 5) is 13.6. The molecule has 0 aliphatic carbocycles. The minimum atomic E-state index is -0.134. The summed E-state index contributed by atoms with van der Waals surface area (Å²) in [5.41, 5.74) is 1.35. The molecular weight excluding hydrogens is 352 g/mol. The van der Waals surface area contributed by atoms with E-state index in [0.717, 1.165) is 22.0 Å². The predicted molar refractivity (Wildman–Crippen MR) is 102 cm³/mol. The summed E-state index contributed by atoms with van der Waals surface area (Å²) in [5, 5.41) is 0. The Kier molecular flexibility index (Phi) is 5.73. The SMILES string of the molecule is COc1ccc(C=CC(=O)c2cc3c(cc2OC)OCCS3)cc1OC. The van der Waals surface area contributed by atoms with Gasteiger partial charge in [-0.3, -0.25) is 4.79 Å². The molecule has 0 N–H and O–H groups in total. The van der Waals surface area contributed by atoms with Crippen molar-refractivity contribution in [2.75, 3.05) is 33.7 Å². The molecule has 6 heteroatoms. The average Bonchev–Trinajstić information content (AvgIpc) is 2.70. The fraction of sp³-hybridized carbons (Fsp3) is 0.250. The van der Waals surface area contributed by atoms with Crippen LogP contribution >= 0.6 is 11.8 Å². The third-order valence-corrected chi connectivity index (χ3v) is 4.97. The van der Waals surface area contributed by atoms with Gasteiger partial charge in [0.15, 0.2) is 17.3 Å². The average molecular weight is 372 g/mol. The Morgan fingerprint density at radius 1 is 1.04 bits per heavy atom. The second-order valence-corrected chi connectivity index (χ2v) is 6.64. The molecule has 1 heterocycles. The van der Waals surface area contributed by atoms with E-state index in [9.17, 15) is 4.79 Å². The van der Waals surface area contributed by atoms with Crippen LogP contribution in [0.1, 0.15) is 15.9 Å². The van der Waals surface area contributed by atoms with E-state index in [2.05, 4.69) is 0 Å². The van der Waals surface area contributed by atoms with Gasteiger partial charge in [-0.25, -0.2) is 0 Å². The maximum atomic E-state index is 12.7. The van der Waals surface area contributed by atoms with Crippen molar-refractivity contribution >= 4 is 23.6 Å². The Hall–Kier alpha value is -2.60. The predicted octanol–water partition coefficient (Wildman–Crippen LogP) is 4.09. The fourth-order valence-electron chi connectivity index (χ4n) is 2.65. The summed E-state index contributed by atoms with van der Waals surface area (Å²) in [5.74, 6) is 3.26. The highest BCUT2D eigenvalue weighted by Crippen LogP contribution is 2.38. The van der Waals surface area contributed by atoms with Crippen LogP contribution in [0.3, 0.4) is 0 Å². The van der Waals surface area contributed by atoms with Gasteiger partial charge in [0.25, 0.3) is 0 Å². The molecule has 0 atom stereocenters. The fourth-order valence-corrected chi connectivity index (χ4v) is 3.50. The zero-order valence-electron chi connectivity index (χ0n) is 14.9. The summed E-state index contributed by atoms with van der Waals surface area (Å²) in [7, 11) is 4.71. The number of thioether (sulfide) groups is 1. The highest BCUT2D eigenvalue weighted by Gasteiger charge is 2.18. The lowest BCUT2D eigenvalue weighted by molar-refractivity contribution is 0.104. The maximum absolute atomic E-state index is 12.7. The molecule has 0 saturated heterocycles. The molecule has 0 bridgehead atoms. The van der Waals surface area contributed by atoms with E-state index in [1.54, 1.807) is 51.3 Å². The van der Waals surface area contributed by atoms with Gasteiger partial charge in [0.2, 0.25) is 0 Å². The first-order valence-electron chi connectivity index (χ1n) is 8.08. The van der Waals surface area contributed by atoms with Crippen LogP contribution < -0.4 is 18.9 Å². The monoisotopic (exact) mass is 372 g/mol. The van der Waals surface area contributed by atoms with Crippen LogP contribution in [0.15, 0.2) is 41.3 Å². The second kappa shape index (κ2) is 8.19. The number of rotatable bonds is 6. The molecule has 0 spiro atoms. The molecule has 0 unspecified atom stereocenters. The normalized spacial score (nSPS) is 13.0. The van der Waals surface area contributed by atoms with Gasteiger partial charge in [0.1, 0.15) is 11.5 Å². The topological polar surface area (TPSA) is 54.0 Å². The highest BCUT2D eigenvalue weighted by molar-refractivity contribution is 7.99. The number of allylic oxidation sites excluding steroid dienone is 1. The number of hydrogen-bond donors (Lipinski definition) is 0. The largest absolute Gasteiger partial charge is 0.496 e. The van der Waals surface area contributed by atoms with Crippen LogP contribution in [0.5, 0.6) is 23.0 Å². The van der Waals surface area contributed by atoms with Crippen molar-refractivity contribution in [2.45, 2.75) is 4.90 Å². The first-order chi connectivity index (χ1) is 12.7. The Bertz CT molecular complexity index is 844. The van der Waals surface area contributed by atoms with E-state index < -0.39 is 0 Å². The Morgan fingerprint density at radius 2 is 1.81 bits per heavy atom. The Morgan fingerprint density at radius 3 is 2.54 bits per heavy atom. The van der Waals surface area contributed by atoms with E-state index >= 15 is 0 Å². The van der Waals surface area contributed by atoms with E-state index in [1.807, 2.05) is 18.2 Å². The third-order valence-electron chi connectivity index (χ3n) is 3.96. The molecule has 1 aliphatic rings. The van der Waals surface area contributed by atoms with E-state index in [0.29, 0.717) is 29.4 Å². The molecule has 0 amide bonds. The van der Waals surface area contributed by atoms with Crippen LogP contribution in [0, 0.1) is 0 Å². The van der Waals surface area contributed by atoms with Crippen molar-refractivity contribution in [1.82, 2.24) is 0 Å². The first-order valence-corrected chi connectivity index (χ1v) is 9.07. The molecule has 2 aromatic rings. The van der Waals surface area contributed by atoms with Gasteiger partial charge >= 0.3 is 0 Å². The number of hydrogen-bond acceptors (Lipinski definition) is 6. The van der Waals surface area contributed by atoms with E-state index in [4.69, 9.17) is 18.9 Å². The molecule has 0 aromatic heterocycles. The standard InChI is InChI=1S/C20H20O5S/c1-22-16-7-5-13(10-18(16)24-3)4-6-15(21)14-11-20-19(12-17(14)23-2)25-8-9-26-20/h4-7,10-12H,8-9H2,1-3H3. The Labute approximate surface area is 156 Å². The summed E-state index contributed by atoms with van der Waals surface area (Å²) in [6, 6.07) is 9.09. The number of ketones is 1. The number of benzene rings is 2. The van der Waals surface area contributed by atoms with Gasteiger partial charge in [-0.2, -0.15) is 0 Å². The zero-order chi connectivity index (χ0) is 18.5. The van der Waals surface area contributed by atoms with Crippen LogP contribution in [0.25, 0.3) is 6.08 Å². The van der Waals surface area contributed by atoms with E-state index in [-0.39, 0.29) is 5.78 Å². The minimum absolute atomic E-state index is 0.134. The van der Waals surface area contributed by atoms with Crippen LogP contribution in [-0.2, 0) is 0 Å². The Balaban J connectivity index is 1.87. The lowest BCUT2D eigenvalue weighted by Crippen LogP contribution is -2.08. The van der Waals surface area contributed by atoms with Gasteiger partial charge in [0, 0.05) is 11.8 Å². The van der Waals surface area contributed by atoms with Gasteiger partial charge < -0.3 is 18.9 Å². The molecular formula is C20H20O5S. The van der Waals surface area contributed by atoms with Crippen molar-refractivity contribution in [2.24, 2.45) is 0 Å². The highest BCUT2D eigenvalue weighted by atomic mass is 32.2. The summed E-state index contributed by atoms with van der Waals surface area (Å²) in [6.07, 6.45) is 3.27. The smallest absolute Gasteiger partial charge is 0.189 e. The van der Waals surface area contributed by atoms with Crippen molar-refractivity contribution in [3.63, 3.8) is 0 Å². The maximum Gasteiger partial charge on any atom is 0.189 e. The van der Waals surface area contributed by atoms with Crippen LogP contribution in [0.2, 0.25) is 0 Å². The molecule has 3 rings (SSSR count). The molecule has 0 saturated carbocycles. The van der Waals surface area contributed by atoms with Crippen LogP contribution in [0.4, 0.5) is 0 Å².